The summed E-state index contributed by atoms with van der Waals surface area (Å²) >= 11 is 1.36. The van der Waals surface area contributed by atoms with Gasteiger partial charge in [-0.2, -0.15) is 0 Å². The van der Waals surface area contributed by atoms with Crippen molar-refractivity contribution < 1.29 is 14.3 Å². The Morgan fingerprint density at radius 1 is 1.39 bits per heavy atom. The molecule has 1 heterocycles. The Balaban J connectivity index is 2.60. The highest BCUT2D eigenvalue weighted by Crippen LogP contribution is 2.15. The van der Waals surface area contributed by atoms with Gasteiger partial charge in [0.1, 0.15) is 11.6 Å². The predicted molar refractivity (Wildman–Crippen MR) is 71.8 cm³/mol. The highest BCUT2D eigenvalue weighted by atomic mass is 32.1. The molecule has 1 aromatic heterocycles. The van der Waals surface area contributed by atoms with Crippen LogP contribution in [0.3, 0.4) is 0 Å². The number of carbonyl (C=O) groups is 2. The van der Waals surface area contributed by atoms with Gasteiger partial charge in [0.2, 0.25) is 0 Å². The minimum absolute atomic E-state index is 0.235. The van der Waals surface area contributed by atoms with Crippen LogP contribution in [0.4, 0.5) is 0 Å². The molecule has 18 heavy (non-hydrogen) atoms. The zero-order chi connectivity index (χ0) is 13.9. The number of thiophene rings is 1. The number of hydrogen-bond donors (Lipinski definition) is 1. The molecule has 1 aromatic rings. The smallest absolute Gasteiger partial charge is 0.328 e. The maximum atomic E-state index is 11.9. The molecule has 1 amide bonds. The molecule has 5 heteroatoms. The van der Waals surface area contributed by atoms with Crippen molar-refractivity contribution in [3.05, 3.63) is 21.9 Å². The van der Waals surface area contributed by atoms with Crippen LogP contribution in [0.2, 0.25) is 0 Å². The Morgan fingerprint density at radius 3 is 2.44 bits per heavy atom. The number of amides is 1. The standard InChI is InChI=1S/C13H19NO3S/c1-8-6-7-18-10(8)11(15)14-9(2)12(16)17-13(3,4)5/h6-7,9H,1-5H3,(H,14,15)/t9-/m0/s1. The lowest BCUT2D eigenvalue weighted by atomic mass is 10.2. The van der Waals surface area contributed by atoms with E-state index in [9.17, 15) is 9.59 Å². The Labute approximate surface area is 111 Å². The minimum atomic E-state index is -0.654. The molecule has 0 radical (unpaired) electrons. The molecule has 0 aliphatic heterocycles. The summed E-state index contributed by atoms with van der Waals surface area (Å²) in [7, 11) is 0. The molecule has 0 aliphatic rings. The van der Waals surface area contributed by atoms with E-state index >= 15 is 0 Å². The third-order valence-corrected chi connectivity index (χ3v) is 3.19. The second-order valence-electron chi connectivity index (χ2n) is 5.16. The van der Waals surface area contributed by atoms with E-state index in [4.69, 9.17) is 4.74 Å². The fraction of sp³-hybridized carbons (Fsp3) is 0.538. The number of nitrogens with one attached hydrogen (secondary N) is 1. The molecule has 0 fully saturated rings. The number of ether oxygens (including phenoxy) is 1. The fourth-order valence-electron chi connectivity index (χ4n) is 1.32. The Bertz CT molecular complexity index is 445. The maximum absolute atomic E-state index is 11.9. The summed E-state index contributed by atoms with van der Waals surface area (Å²) in [6.45, 7) is 8.87. The second-order valence-corrected chi connectivity index (χ2v) is 6.08. The van der Waals surface area contributed by atoms with Crippen molar-refractivity contribution in [2.75, 3.05) is 0 Å². The first kappa shape index (κ1) is 14.7. The van der Waals surface area contributed by atoms with E-state index in [1.54, 1.807) is 27.7 Å². The van der Waals surface area contributed by atoms with Gasteiger partial charge in [0, 0.05) is 0 Å². The van der Waals surface area contributed by atoms with Crippen LogP contribution in [0.25, 0.3) is 0 Å². The molecule has 0 aliphatic carbocycles. The predicted octanol–water partition coefficient (Wildman–Crippen LogP) is 2.52. The first-order valence-electron chi connectivity index (χ1n) is 5.78. The molecule has 100 valence electrons. The van der Waals surface area contributed by atoms with Crippen LogP contribution in [-0.2, 0) is 9.53 Å². The lowest BCUT2D eigenvalue weighted by Crippen LogP contribution is -2.42. The molecular weight excluding hydrogens is 250 g/mol. The normalized spacial score (nSPS) is 12.9. The summed E-state index contributed by atoms with van der Waals surface area (Å²) in [4.78, 5) is 24.2. The number of rotatable bonds is 3. The zero-order valence-corrected chi connectivity index (χ0v) is 12.2. The molecule has 0 saturated carbocycles. The number of aryl methyl sites for hydroxylation is 1. The Kier molecular flexibility index (Phi) is 4.51. The molecule has 0 bridgehead atoms. The first-order valence-corrected chi connectivity index (χ1v) is 6.66. The lowest BCUT2D eigenvalue weighted by molar-refractivity contribution is -0.156. The largest absolute Gasteiger partial charge is 0.458 e. The topological polar surface area (TPSA) is 55.4 Å². The van der Waals surface area contributed by atoms with Crippen LogP contribution in [0, 0.1) is 6.92 Å². The Morgan fingerprint density at radius 2 is 2.00 bits per heavy atom. The molecule has 0 aromatic carbocycles. The van der Waals surface area contributed by atoms with E-state index < -0.39 is 17.6 Å². The van der Waals surface area contributed by atoms with Crippen LogP contribution in [0.5, 0.6) is 0 Å². The van der Waals surface area contributed by atoms with E-state index in [2.05, 4.69) is 5.32 Å². The maximum Gasteiger partial charge on any atom is 0.328 e. The van der Waals surface area contributed by atoms with Crippen LogP contribution < -0.4 is 5.32 Å². The average Bonchev–Trinajstić information content (AvgIpc) is 2.61. The van der Waals surface area contributed by atoms with Gasteiger partial charge in [-0.3, -0.25) is 4.79 Å². The molecule has 1 rings (SSSR count). The van der Waals surface area contributed by atoms with Crippen LogP contribution in [0.15, 0.2) is 11.4 Å². The summed E-state index contributed by atoms with van der Waals surface area (Å²) < 4.78 is 5.20. The quantitative estimate of drug-likeness (QED) is 0.858. The van der Waals surface area contributed by atoms with Gasteiger partial charge in [-0.15, -0.1) is 11.3 Å². The molecule has 1 N–H and O–H groups in total. The van der Waals surface area contributed by atoms with Crippen molar-refractivity contribution in [1.29, 1.82) is 0 Å². The van der Waals surface area contributed by atoms with Gasteiger partial charge in [0.05, 0.1) is 4.88 Å². The Hall–Kier alpha value is -1.36. The van der Waals surface area contributed by atoms with Crippen molar-refractivity contribution in [2.45, 2.75) is 46.3 Å². The number of hydrogen-bond acceptors (Lipinski definition) is 4. The summed E-state index contributed by atoms with van der Waals surface area (Å²) in [5.74, 6) is -0.661. The van der Waals surface area contributed by atoms with Crippen molar-refractivity contribution in [2.24, 2.45) is 0 Å². The molecular formula is C13H19NO3S. The van der Waals surface area contributed by atoms with Crippen LogP contribution >= 0.6 is 11.3 Å². The molecule has 0 saturated heterocycles. The van der Waals surface area contributed by atoms with Gasteiger partial charge >= 0.3 is 5.97 Å². The summed E-state index contributed by atoms with van der Waals surface area (Å²) in [5.41, 5.74) is 0.364. The van der Waals surface area contributed by atoms with Gasteiger partial charge in [-0.1, -0.05) is 0 Å². The lowest BCUT2D eigenvalue weighted by Gasteiger charge is -2.22. The minimum Gasteiger partial charge on any atom is -0.458 e. The van der Waals surface area contributed by atoms with Gasteiger partial charge in [-0.25, -0.2) is 4.79 Å². The summed E-state index contributed by atoms with van der Waals surface area (Å²) in [6.07, 6.45) is 0. The highest BCUT2D eigenvalue weighted by molar-refractivity contribution is 7.12. The van der Waals surface area contributed by atoms with Gasteiger partial charge in [0.25, 0.3) is 5.91 Å². The third-order valence-electron chi connectivity index (χ3n) is 2.18. The highest BCUT2D eigenvalue weighted by Gasteiger charge is 2.24. The van der Waals surface area contributed by atoms with E-state index in [1.165, 1.54) is 11.3 Å². The number of carbonyl (C=O) groups excluding carboxylic acids is 2. The molecule has 4 nitrogen and oxygen atoms in total. The third kappa shape index (κ3) is 4.14. The second kappa shape index (κ2) is 5.52. The van der Waals surface area contributed by atoms with Crippen molar-refractivity contribution in [3.8, 4) is 0 Å². The SMILES string of the molecule is Cc1ccsc1C(=O)N[C@@H](C)C(=O)OC(C)(C)C. The monoisotopic (exact) mass is 269 g/mol. The number of esters is 1. The van der Waals surface area contributed by atoms with Crippen molar-refractivity contribution in [1.82, 2.24) is 5.32 Å². The van der Waals surface area contributed by atoms with E-state index in [-0.39, 0.29) is 5.91 Å². The van der Waals surface area contributed by atoms with E-state index in [1.807, 2.05) is 18.4 Å². The zero-order valence-electron chi connectivity index (χ0n) is 11.4. The van der Waals surface area contributed by atoms with Crippen molar-refractivity contribution in [3.63, 3.8) is 0 Å². The molecule has 0 spiro atoms. The van der Waals surface area contributed by atoms with E-state index in [0.717, 1.165) is 5.56 Å². The molecule has 0 unspecified atom stereocenters. The van der Waals surface area contributed by atoms with Gasteiger partial charge in [-0.05, 0) is 51.6 Å². The molecule has 1 atom stereocenters. The average molecular weight is 269 g/mol. The summed E-state index contributed by atoms with van der Waals surface area (Å²) in [6, 6.07) is 1.22. The van der Waals surface area contributed by atoms with Gasteiger partial charge < -0.3 is 10.1 Å². The fourth-order valence-corrected chi connectivity index (χ4v) is 2.14. The van der Waals surface area contributed by atoms with Crippen LogP contribution in [-0.4, -0.2) is 23.5 Å². The van der Waals surface area contributed by atoms with Crippen molar-refractivity contribution >= 4 is 23.2 Å². The van der Waals surface area contributed by atoms with Crippen LogP contribution in [0.1, 0.15) is 42.9 Å². The first-order chi connectivity index (χ1) is 8.20. The van der Waals surface area contributed by atoms with Gasteiger partial charge in [0.15, 0.2) is 0 Å². The van der Waals surface area contributed by atoms with E-state index in [0.29, 0.717) is 4.88 Å². The summed E-state index contributed by atoms with van der Waals surface area (Å²) in [5, 5.41) is 4.49.